The van der Waals surface area contributed by atoms with Crippen LogP contribution in [0.3, 0.4) is 0 Å². The van der Waals surface area contributed by atoms with E-state index in [1.165, 1.54) is 23.9 Å². The molecule has 28 heavy (non-hydrogen) atoms. The molecule has 2 N–H and O–H groups in total. The maximum atomic E-state index is 12.7. The summed E-state index contributed by atoms with van der Waals surface area (Å²) in [6, 6.07) is 15.4. The monoisotopic (exact) mass is 415 g/mol. The van der Waals surface area contributed by atoms with Gasteiger partial charge in [-0.15, -0.1) is 11.8 Å². The van der Waals surface area contributed by atoms with E-state index in [0.29, 0.717) is 30.3 Å². The summed E-state index contributed by atoms with van der Waals surface area (Å²) in [7, 11) is -3.63. The predicted molar refractivity (Wildman–Crippen MR) is 110 cm³/mol. The van der Waals surface area contributed by atoms with Crippen molar-refractivity contribution >= 4 is 33.4 Å². The number of nitrogens with zero attached hydrogens (tertiary/aromatic N) is 1. The van der Waals surface area contributed by atoms with Gasteiger partial charge >= 0.3 is 0 Å². The van der Waals surface area contributed by atoms with Crippen LogP contribution in [-0.4, -0.2) is 26.6 Å². The Morgan fingerprint density at radius 3 is 2.71 bits per heavy atom. The van der Waals surface area contributed by atoms with E-state index in [2.05, 4.69) is 16.1 Å². The summed E-state index contributed by atoms with van der Waals surface area (Å²) in [4.78, 5) is 13.6. The summed E-state index contributed by atoms with van der Waals surface area (Å²) < 4.78 is 27.5. The maximum absolute atomic E-state index is 12.7. The largest absolute Gasteiger partial charge is 0.321 e. The lowest BCUT2D eigenvalue weighted by Crippen LogP contribution is -2.26. The number of hydrogen-bond donors (Lipinski definition) is 2. The lowest BCUT2D eigenvalue weighted by molar-refractivity contribution is 0.102. The molecule has 8 heteroatoms. The number of sulfonamides is 1. The van der Waals surface area contributed by atoms with Gasteiger partial charge in [-0.25, -0.2) is 13.1 Å². The Morgan fingerprint density at radius 2 is 1.96 bits per heavy atom. The molecule has 146 valence electrons. The minimum atomic E-state index is -3.63. The van der Waals surface area contributed by atoms with E-state index in [1.807, 2.05) is 18.2 Å². The van der Waals surface area contributed by atoms with Crippen LogP contribution in [0, 0.1) is 17.2 Å². The highest BCUT2D eigenvalue weighted by atomic mass is 32.2. The van der Waals surface area contributed by atoms with Gasteiger partial charge in [0, 0.05) is 29.2 Å². The molecule has 0 spiro atoms. The Bertz CT molecular complexity index is 996. The summed E-state index contributed by atoms with van der Waals surface area (Å²) in [6.45, 7) is 0.437. The van der Waals surface area contributed by atoms with Crippen LogP contribution in [0.2, 0.25) is 0 Å². The normalized spacial score (nSPS) is 13.7. The van der Waals surface area contributed by atoms with Gasteiger partial charge in [0.2, 0.25) is 10.0 Å². The molecule has 0 aromatic heterocycles. The van der Waals surface area contributed by atoms with Crippen LogP contribution in [0.25, 0.3) is 0 Å². The number of anilines is 1. The van der Waals surface area contributed by atoms with E-state index in [0.717, 1.165) is 17.7 Å². The molecule has 0 bridgehead atoms. The van der Waals surface area contributed by atoms with Gasteiger partial charge in [-0.1, -0.05) is 18.2 Å². The number of thioether (sulfide) groups is 1. The fourth-order valence-electron chi connectivity index (χ4n) is 2.53. The Kier molecular flexibility index (Phi) is 6.73. The van der Waals surface area contributed by atoms with Crippen molar-refractivity contribution in [3.8, 4) is 6.07 Å². The zero-order valence-electron chi connectivity index (χ0n) is 15.2. The fourth-order valence-corrected chi connectivity index (χ4v) is 4.56. The van der Waals surface area contributed by atoms with Crippen molar-refractivity contribution in [1.29, 1.82) is 5.26 Å². The fraction of sp³-hybridized carbons (Fsp3) is 0.300. The van der Waals surface area contributed by atoms with E-state index in [9.17, 15) is 13.2 Å². The first kappa shape index (κ1) is 20.4. The van der Waals surface area contributed by atoms with Crippen molar-refractivity contribution < 1.29 is 13.2 Å². The number of carbonyl (C=O) groups excluding carboxylic acids is 1. The molecule has 1 saturated carbocycles. The van der Waals surface area contributed by atoms with Crippen molar-refractivity contribution in [1.82, 2.24) is 4.72 Å². The second-order valence-electron chi connectivity index (χ2n) is 6.53. The van der Waals surface area contributed by atoms with E-state index < -0.39 is 10.0 Å². The third kappa shape index (κ3) is 5.58. The van der Waals surface area contributed by atoms with Gasteiger partial charge in [0.15, 0.2) is 0 Å². The van der Waals surface area contributed by atoms with Gasteiger partial charge in [-0.3, -0.25) is 4.79 Å². The van der Waals surface area contributed by atoms with E-state index in [1.54, 1.807) is 18.2 Å². The number of para-hydroxylation sites is 1. The highest BCUT2D eigenvalue weighted by Crippen LogP contribution is 2.29. The lowest BCUT2D eigenvalue weighted by atomic mass is 10.2. The predicted octanol–water partition coefficient (Wildman–Crippen LogP) is 3.63. The van der Waals surface area contributed by atoms with Gasteiger partial charge in [0.1, 0.15) is 0 Å². The first-order valence-corrected chi connectivity index (χ1v) is 11.5. The average Bonchev–Trinajstić information content (AvgIpc) is 3.53. The smallest absolute Gasteiger partial charge is 0.255 e. The summed E-state index contributed by atoms with van der Waals surface area (Å²) in [5, 5.41) is 11.5. The van der Waals surface area contributed by atoms with Crippen molar-refractivity contribution in [3.63, 3.8) is 0 Å². The number of benzene rings is 2. The van der Waals surface area contributed by atoms with E-state index in [-0.39, 0.29) is 16.4 Å². The molecule has 0 heterocycles. The number of hydrogen-bond acceptors (Lipinski definition) is 5. The summed E-state index contributed by atoms with van der Waals surface area (Å²) in [5.74, 6) is 0.674. The van der Waals surface area contributed by atoms with E-state index >= 15 is 0 Å². The molecular formula is C20H21N3O3S2. The van der Waals surface area contributed by atoms with Crippen LogP contribution in [0.4, 0.5) is 5.69 Å². The average molecular weight is 416 g/mol. The number of carbonyl (C=O) groups is 1. The van der Waals surface area contributed by atoms with Gasteiger partial charge in [-0.05, 0) is 49.1 Å². The van der Waals surface area contributed by atoms with Crippen molar-refractivity contribution in [2.75, 3.05) is 17.6 Å². The molecule has 0 unspecified atom stereocenters. The maximum Gasteiger partial charge on any atom is 0.255 e. The molecule has 0 radical (unpaired) electrons. The van der Waals surface area contributed by atoms with Crippen LogP contribution in [0.1, 0.15) is 29.6 Å². The van der Waals surface area contributed by atoms with Crippen molar-refractivity contribution in [3.05, 3.63) is 54.1 Å². The number of rotatable bonds is 9. The van der Waals surface area contributed by atoms with Crippen LogP contribution in [-0.2, 0) is 10.0 Å². The number of nitrogens with one attached hydrogen (secondary N) is 2. The van der Waals surface area contributed by atoms with Crippen LogP contribution in [0.15, 0.2) is 58.3 Å². The SMILES string of the molecule is N#CCCSc1ccccc1NC(=O)c1cccc(S(=O)(=O)NCC2CC2)c1. The molecule has 0 aliphatic heterocycles. The number of nitriles is 1. The molecule has 1 amide bonds. The Balaban J connectivity index is 1.72. The quantitative estimate of drug-likeness (QED) is 0.481. The highest BCUT2D eigenvalue weighted by Gasteiger charge is 2.24. The molecule has 3 rings (SSSR count). The molecule has 0 saturated heterocycles. The Hall–Kier alpha value is -2.34. The lowest BCUT2D eigenvalue weighted by Gasteiger charge is -2.11. The molecule has 6 nitrogen and oxygen atoms in total. The molecule has 1 aliphatic rings. The van der Waals surface area contributed by atoms with Gasteiger partial charge in [0.25, 0.3) is 5.91 Å². The van der Waals surface area contributed by atoms with Crippen LogP contribution >= 0.6 is 11.8 Å². The molecule has 1 fully saturated rings. The van der Waals surface area contributed by atoms with Gasteiger partial charge in [-0.2, -0.15) is 5.26 Å². The third-order valence-electron chi connectivity index (χ3n) is 4.27. The van der Waals surface area contributed by atoms with Crippen LogP contribution < -0.4 is 10.0 Å². The summed E-state index contributed by atoms with van der Waals surface area (Å²) in [5.41, 5.74) is 0.904. The second kappa shape index (κ2) is 9.24. The molecule has 2 aromatic rings. The number of amides is 1. The summed E-state index contributed by atoms with van der Waals surface area (Å²) >= 11 is 1.49. The Labute approximate surface area is 169 Å². The van der Waals surface area contributed by atoms with Gasteiger partial charge in [0.05, 0.1) is 16.7 Å². The van der Waals surface area contributed by atoms with Crippen LogP contribution in [0.5, 0.6) is 0 Å². The second-order valence-corrected chi connectivity index (χ2v) is 9.43. The molecule has 0 atom stereocenters. The van der Waals surface area contributed by atoms with Crippen molar-refractivity contribution in [2.24, 2.45) is 5.92 Å². The first-order chi connectivity index (χ1) is 13.5. The minimum absolute atomic E-state index is 0.0810. The van der Waals surface area contributed by atoms with Gasteiger partial charge < -0.3 is 5.32 Å². The highest BCUT2D eigenvalue weighted by molar-refractivity contribution is 7.99. The third-order valence-corrected chi connectivity index (χ3v) is 6.77. The summed E-state index contributed by atoms with van der Waals surface area (Å²) in [6.07, 6.45) is 2.52. The zero-order valence-corrected chi connectivity index (χ0v) is 16.9. The molecule has 1 aliphatic carbocycles. The zero-order chi connectivity index (χ0) is 20.0. The van der Waals surface area contributed by atoms with Crippen molar-refractivity contribution in [2.45, 2.75) is 29.1 Å². The standard InChI is InChI=1S/C20H21N3O3S2/c21-11-4-12-27-19-8-2-1-7-18(19)23-20(24)16-5-3-6-17(13-16)28(25,26)22-14-15-9-10-15/h1-3,5-8,13,15,22H,4,9-10,12,14H2,(H,23,24). The molecule has 2 aromatic carbocycles. The first-order valence-electron chi connectivity index (χ1n) is 8.99. The van der Waals surface area contributed by atoms with E-state index in [4.69, 9.17) is 5.26 Å². The molecular weight excluding hydrogens is 394 g/mol. The Morgan fingerprint density at radius 1 is 1.18 bits per heavy atom. The topological polar surface area (TPSA) is 99.1 Å². The minimum Gasteiger partial charge on any atom is -0.321 e.